The first kappa shape index (κ1) is 15.2. The molecular weight excluding hydrogens is 317 g/mol. The van der Waals surface area contributed by atoms with Gasteiger partial charge in [-0.25, -0.2) is 9.18 Å². The van der Waals surface area contributed by atoms with Crippen molar-refractivity contribution in [1.82, 2.24) is 0 Å². The van der Waals surface area contributed by atoms with Crippen molar-refractivity contribution in [3.63, 3.8) is 0 Å². The summed E-state index contributed by atoms with van der Waals surface area (Å²) in [5.74, 6) is -2.13. The average molecular weight is 326 g/mol. The molecular formula is C14H9ClFNO3S. The number of aliphatic carboxylic acids is 1. The average Bonchev–Trinajstić information content (AvgIpc) is 2.86. The number of hydrogen-bond acceptors (Lipinski definition) is 3. The highest BCUT2D eigenvalue weighted by Crippen LogP contribution is 2.23. The fraction of sp³-hybridized carbons (Fsp3) is 0. The van der Waals surface area contributed by atoms with Crippen molar-refractivity contribution in [2.75, 3.05) is 5.32 Å². The van der Waals surface area contributed by atoms with Gasteiger partial charge in [0.1, 0.15) is 5.82 Å². The van der Waals surface area contributed by atoms with Crippen LogP contribution in [0.3, 0.4) is 0 Å². The van der Waals surface area contributed by atoms with Gasteiger partial charge < -0.3 is 10.4 Å². The molecule has 0 fully saturated rings. The number of anilines is 1. The van der Waals surface area contributed by atoms with Crippen LogP contribution in [0.2, 0.25) is 4.34 Å². The van der Waals surface area contributed by atoms with Crippen molar-refractivity contribution < 1.29 is 19.1 Å². The van der Waals surface area contributed by atoms with E-state index in [1.165, 1.54) is 12.1 Å². The van der Waals surface area contributed by atoms with Gasteiger partial charge in [-0.2, -0.15) is 0 Å². The second kappa shape index (κ2) is 6.51. The number of thiophene rings is 1. The van der Waals surface area contributed by atoms with Crippen molar-refractivity contribution in [2.45, 2.75) is 0 Å². The number of halogens is 2. The fourth-order valence-electron chi connectivity index (χ4n) is 1.54. The smallest absolute Gasteiger partial charge is 0.328 e. The molecule has 0 spiro atoms. The molecule has 0 bridgehead atoms. The van der Waals surface area contributed by atoms with E-state index in [-0.39, 0.29) is 11.5 Å². The molecule has 0 aliphatic rings. The summed E-state index contributed by atoms with van der Waals surface area (Å²) in [5, 5.41) is 11.1. The quantitative estimate of drug-likeness (QED) is 0.838. The summed E-state index contributed by atoms with van der Waals surface area (Å²) < 4.78 is 14.0. The van der Waals surface area contributed by atoms with Crippen LogP contribution in [0.4, 0.5) is 10.1 Å². The largest absolute Gasteiger partial charge is 0.478 e. The van der Waals surface area contributed by atoms with Crippen molar-refractivity contribution in [3.8, 4) is 0 Å². The number of benzene rings is 1. The molecule has 0 radical (unpaired) electrons. The molecule has 1 aromatic heterocycles. The normalized spacial score (nSPS) is 10.8. The van der Waals surface area contributed by atoms with Crippen LogP contribution in [-0.2, 0) is 4.79 Å². The second-order valence-electron chi connectivity index (χ2n) is 3.97. The monoisotopic (exact) mass is 325 g/mol. The number of nitrogens with one attached hydrogen (secondary N) is 1. The molecule has 0 aliphatic heterocycles. The SMILES string of the molecule is O=C(O)/C=C/c1cc(NC(=O)c2ccc(Cl)s2)ccc1F. The highest BCUT2D eigenvalue weighted by molar-refractivity contribution is 7.18. The number of carbonyl (C=O) groups is 2. The van der Waals surface area contributed by atoms with Gasteiger partial charge in [0.15, 0.2) is 0 Å². The van der Waals surface area contributed by atoms with Crippen LogP contribution >= 0.6 is 22.9 Å². The summed E-state index contributed by atoms with van der Waals surface area (Å²) in [6.45, 7) is 0. The maximum absolute atomic E-state index is 13.5. The third-order valence-electron chi connectivity index (χ3n) is 2.46. The number of amides is 1. The standard InChI is InChI=1S/C14H9ClFNO3S/c15-12-5-4-11(21-12)14(20)17-9-2-3-10(16)8(7-9)1-6-13(18)19/h1-7H,(H,17,20)(H,18,19)/b6-1+. The van der Waals surface area contributed by atoms with Gasteiger partial charge in [-0.3, -0.25) is 4.79 Å². The molecule has 1 heterocycles. The van der Waals surface area contributed by atoms with Crippen molar-refractivity contribution in [3.05, 3.63) is 57.0 Å². The molecule has 0 saturated carbocycles. The number of rotatable bonds is 4. The molecule has 0 atom stereocenters. The number of carboxylic acid groups (broad SMARTS) is 1. The van der Waals surface area contributed by atoms with Crippen LogP contribution in [0.1, 0.15) is 15.2 Å². The molecule has 2 N–H and O–H groups in total. The molecule has 1 amide bonds. The summed E-state index contributed by atoms with van der Waals surface area (Å²) in [4.78, 5) is 22.8. The van der Waals surface area contributed by atoms with E-state index in [1.54, 1.807) is 12.1 Å². The Morgan fingerprint density at radius 3 is 2.67 bits per heavy atom. The van der Waals surface area contributed by atoms with Gasteiger partial charge in [0.2, 0.25) is 0 Å². The molecule has 2 rings (SSSR count). The third kappa shape index (κ3) is 4.14. The van der Waals surface area contributed by atoms with Gasteiger partial charge in [0.25, 0.3) is 5.91 Å². The lowest BCUT2D eigenvalue weighted by molar-refractivity contribution is -0.131. The number of carbonyl (C=O) groups excluding carboxylic acids is 1. The predicted molar refractivity (Wildman–Crippen MR) is 80.4 cm³/mol. The van der Waals surface area contributed by atoms with Gasteiger partial charge in [-0.05, 0) is 36.4 Å². The lowest BCUT2D eigenvalue weighted by Crippen LogP contribution is -2.10. The Labute approximate surface area is 128 Å². The van der Waals surface area contributed by atoms with E-state index < -0.39 is 11.8 Å². The number of carboxylic acids is 1. The Balaban J connectivity index is 2.19. The summed E-state index contributed by atoms with van der Waals surface area (Å²) >= 11 is 6.87. The van der Waals surface area contributed by atoms with Crippen LogP contribution in [0, 0.1) is 5.82 Å². The number of hydrogen-bond donors (Lipinski definition) is 2. The van der Waals surface area contributed by atoms with Gasteiger partial charge in [0.05, 0.1) is 9.21 Å². The third-order valence-corrected chi connectivity index (χ3v) is 3.69. The molecule has 4 nitrogen and oxygen atoms in total. The van der Waals surface area contributed by atoms with E-state index in [0.29, 0.717) is 14.9 Å². The fourth-order valence-corrected chi connectivity index (χ4v) is 2.48. The minimum absolute atomic E-state index is 0.0689. The highest BCUT2D eigenvalue weighted by atomic mass is 35.5. The second-order valence-corrected chi connectivity index (χ2v) is 5.68. The first-order valence-electron chi connectivity index (χ1n) is 5.73. The predicted octanol–water partition coefficient (Wildman–Crippen LogP) is 3.89. The lowest BCUT2D eigenvalue weighted by atomic mass is 10.1. The van der Waals surface area contributed by atoms with Crippen LogP contribution in [0.15, 0.2) is 36.4 Å². The first-order chi connectivity index (χ1) is 9.95. The topological polar surface area (TPSA) is 66.4 Å². The molecule has 7 heteroatoms. The van der Waals surface area contributed by atoms with E-state index in [0.717, 1.165) is 29.6 Å². The van der Waals surface area contributed by atoms with Crippen molar-refractivity contribution in [2.24, 2.45) is 0 Å². The summed E-state index contributed by atoms with van der Waals surface area (Å²) in [6, 6.07) is 7.07. The zero-order valence-electron chi connectivity index (χ0n) is 10.5. The van der Waals surface area contributed by atoms with E-state index in [1.807, 2.05) is 0 Å². The van der Waals surface area contributed by atoms with Crippen molar-refractivity contribution >= 4 is 46.6 Å². The minimum atomic E-state index is -1.18. The van der Waals surface area contributed by atoms with Crippen LogP contribution in [-0.4, -0.2) is 17.0 Å². The van der Waals surface area contributed by atoms with Gasteiger partial charge in [-0.1, -0.05) is 11.6 Å². The van der Waals surface area contributed by atoms with Crippen molar-refractivity contribution in [1.29, 1.82) is 0 Å². The summed E-state index contributed by atoms with van der Waals surface area (Å²) in [6.07, 6.45) is 1.94. The van der Waals surface area contributed by atoms with Gasteiger partial charge in [-0.15, -0.1) is 11.3 Å². The molecule has 108 valence electrons. The van der Waals surface area contributed by atoms with E-state index >= 15 is 0 Å². The van der Waals surface area contributed by atoms with E-state index in [2.05, 4.69) is 5.32 Å². The first-order valence-corrected chi connectivity index (χ1v) is 6.92. The maximum atomic E-state index is 13.5. The van der Waals surface area contributed by atoms with Gasteiger partial charge >= 0.3 is 5.97 Å². The van der Waals surface area contributed by atoms with E-state index in [4.69, 9.17) is 16.7 Å². The lowest BCUT2D eigenvalue weighted by Gasteiger charge is -2.05. The Hall–Kier alpha value is -2.18. The molecule has 21 heavy (non-hydrogen) atoms. The van der Waals surface area contributed by atoms with E-state index in [9.17, 15) is 14.0 Å². The molecule has 1 aromatic carbocycles. The zero-order valence-corrected chi connectivity index (χ0v) is 12.0. The zero-order chi connectivity index (χ0) is 15.4. The van der Waals surface area contributed by atoms with Gasteiger partial charge in [0, 0.05) is 17.3 Å². The Kier molecular flexibility index (Phi) is 4.72. The highest BCUT2D eigenvalue weighted by Gasteiger charge is 2.10. The maximum Gasteiger partial charge on any atom is 0.328 e. The Morgan fingerprint density at radius 2 is 2.05 bits per heavy atom. The summed E-state index contributed by atoms with van der Waals surface area (Å²) in [7, 11) is 0. The molecule has 2 aromatic rings. The molecule has 0 unspecified atom stereocenters. The Morgan fingerprint density at radius 1 is 1.29 bits per heavy atom. The van der Waals surface area contributed by atoms with Crippen LogP contribution < -0.4 is 5.32 Å². The van der Waals surface area contributed by atoms with Crippen LogP contribution in [0.25, 0.3) is 6.08 Å². The summed E-state index contributed by atoms with van der Waals surface area (Å²) in [5.41, 5.74) is 0.426. The minimum Gasteiger partial charge on any atom is -0.478 e. The Bertz CT molecular complexity index is 727. The molecule has 0 saturated heterocycles. The van der Waals surface area contributed by atoms with Crippen LogP contribution in [0.5, 0.6) is 0 Å². The molecule has 0 aliphatic carbocycles.